The van der Waals surface area contributed by atoms with Gasteiger partial charge in [0.1, 0.15) is 0 Å². The molecule has 0 aliphatic rings. The van der Waals surface area contributed by atoms with Gasteiger partial charge in [-0.1, -0.05) is 6.58 Å². The van der Waals surface area contributed by atoms with Crippen LogP contribution >= 0.6 is 0 Å². The maximum Gasteiger partial charge on any atom is 0.308 e. The summed E-state index contributed by atoms with van der Waals surface area (Å²) in [6.45, 7) is 8.28. The molecular weight excluding hydrogens is 170 g/mol. The van der Waals surface area contributed by atoms with Gasteiger partial charge in [0.25, 0.3) is 0 Å². The molecule has 13 heavy (non-hydrogen) atoms. The van der Waals surface area contributed by atoms with Crippen LogP contribution in [-0.2, 0) is 9.59 Å². The zero-order valence-corrected chi connectivity index (χ0v) is 8.04. The van der Waals surface area contributed by atoms with Crippen LogP contribution in [0.3, 0.4) is 0 Å². The highest BCUT2D eigenvalue weighted by Crippen LogP contribution is 2.03. The summed E-state index contributed by atoms with van der Waals surface area (Å²) in [4.78, 5) is 23.2. The van der Waals surface area contributed by atoms with Gasteiger partial charge in [0, 0.05) is 18.7 Å². The minimum Gasteiger partial charge on any atom is -0.481 e. The Labute approximate surface area is 77.8 Å². The van der Waals surface area contributed by atoms with Gasteiger partial charge in [-0.3, -0.25) is 9.59 Å². The highest BCUT2D eigenvalue weighted by atomic mass is 16.4. The number of likely N-dealkylation sites (N-methyl/N-ethyl adjacent to an activating group) is 1. The number of amides is 1. The number of carboxylic acids is 1. The molecule has 0 fully saturated rings. The van der Waals surface area contributed by atoms with E-state index in [0.717, 1.165) is 0 Å². The van der Waals surface area contributed by atoms with Gasteiger partial charge in [-0.15, -0.1) is 0 Å². The molecular formula is C9H15NO3. The SMILES string of the molecule is C=C(CC(=O)O)C(=O)N(CC)CC. The topological polar surface area (TPSA) is 57.6 Å². The van der Waals surface area contributed by atoms with E-state index < -0.39 is 5.97 Å². The van der Waals surface area contributed by atoms with Gasteiger partial charge in [-0.25, -0.2) is 0 Å². The Hall–Kier alpha value is -1.32. The molecule has 1 amide bonds. The number of hydrogen-bond donors (Lipinski definition) is 1. The lowest BCUT2D eigenvalue weighted by Gasteiger charge is -2.18. The molecule has 74 valence electrons. The summed E-state index contributed by atoms with van der Waals surface area (Å²) in [5.74, 6) is -1.29. The van der Waals surface area contributed by atoms with Crippen LogP contribution in [0.5, 0.6) is 0 Å². The predicted molar refractivity (Wildman–Crippen MR) is 49.3 cm³/mol. The van der Waals surface area contributed by atoms with E-state index in [1.165, 1.54) is 0 Å². The Morgan fingerprint density at radius 2 is 1.77 bits per heavy atom. The molecule has 1 N–H and O–H groups in total. The van der Waals surface area contributed by atoms with Crippen LogP contribution in [0.25, 0.3) is 0 Å². The summed E-state index contributed by atoms with van der Waals surface area (Å²) >= 11 is 0. The molecule has 0 aliphatic heterocycles. The number of carboxylic acid groups (broad SMARTS) is 1. The van der Waals surface area contributed by atoms with Crippen LogP contribution in [0.2, 0.25) is 0 Å². The van der Waals surface area contributed by atoms with Crippen molar-refractivity contribution in [3.63, 3.8) is 0 Å². The largest absolute Gasteiger partial charge is 0.481 e. The molecule has 4 nitrogen and oxygen atoms in total. The summed E-state index contributed by atoms with van der Waals surface area (Å²) in [6.07, 6.45) is -0.282. The first-order chi connectivity index (χ1) is 6.02. The molecule has 0 unspecified atom stereocenters. The number of rotatable bonds is 5. The number of carbonyl (C=O) groups is 2. The lowest BCUT2D eigenvalue weighted by molar-refractivity contribution is -0.138. The minimum atomic E-state index is -1.02. The van der Waals surface area contributed by atoms with E-state index in [2.05, 4.69) is 6.58 Å². The van der Waals surface area contributed by atoms with Gasteiger partial charge in [0.05, 0.1) is 6.42 Å². The molecule has 0 atom stereocenters. The maximum absolute atomic E-state index is 11.4. The maximum atomic E-state index is 11.4. The van der Waals surface area contributed by atoms with Crippen molar-refractivity contribution in [2.75, 3.05) is 13.1 Å². The van der Waals surface area contributed by atoms with Crippen molar-refractivity contribution in [2.24, 2.45) is 0 Å². The van der Waals surface area contributed by atoms with Crippen molar-refractivity contribution < 1.29 is 14.7 Å². The van der Waals surface area contributed by atoms with E-state index in [0.29, 0.717) is 13.1 Å². The number of nitrogens with zero attached hydrogens (tertiary/aromatic N) is 1. The fourth-order valence-electron chi connectivity index (χ4n) is 0.993. The summed E-state index contributed by atoms with van der Waals surface area (Å²) in [5.41, 5.74) is 0.135. The smallest absolute Gasteiger partial charge is 0.308 e. The lowest BCUT2D eigenvalue weighted by atomic mass is 10.2. The van der Waals surface area contributed by atoms with E-state index >= 15 is 0 Å². The Bertz CT molecular complexity index is 219. The molecule has 0 saturated carbocycles. The van der Waals surface area contributed by atoms with E-state index in [1.807, 2.05) is 13.8 Å². The summed E-state index contributed by atoms with van der Waals surface area (Å²) in [5, 5.41) is 8.43. The van der Waals surface area contributed by atoms with Crippen molar-refractivity contribution in [1.82, 2.24) is 4.90 Å². The molecule has 0 aromatic heterocycles. The van der Waals surface area contributed by atoms with Gasteiger partial charge in [-0.05, 0) is 13.8 Å². The number of hydrogen-bond acceptors (Lipinski definition) is 2. The zero-order valence-electron chi connectivity index (χ0n) is 8.04. The molecule has 4 heteroatoms. The first kappa shape index (κ1) is 11.7. The van der Waals surface area contributed by atoms with E-state index in [1.54, 1.807) is 4.90 Å². The van der Waals surface area contributed by atoms with Crippen molar-refractivity contribution in [3.8, 4) is 0 Å². The third kappa shape index (κ3) is 3.73. The first-order valence-electron chi connectivity index (χ1n) is 4.21. The summed E-state index contributed by atoms with van der Waals surface area (Å²) < 4.78 is 0. The van der Waals surface area contributed by atoms with E-state index in [9.17, 15) is 9.59 Å². The summed E-state index contributed by atoms with van der Waals surface area (Å²) in [6, 6.07) is 0. The summed E-state index contributed by atoms with van der Waals surface area (Å²) in [7, 11) is 0. The van der Waals surface area contributed by atoms with Gasteiger partial charge in [0.2, 0.25) is 5.91 Å². The minimum absolute atomic E-state index is 0.135. The van der Waals surface area contributed by atoms with Gasteiger partial charge >= 0.3 is 5.97 Å². The van der Waals surface area contributed by atoms with Crippen molar-refractivity contribution in [3.05, 3.63) is 12.2 Å². The lowest BCUT2D eigenvalue weighted by Crippen LogP contribution is -2.32. The third-order valence-electron chi connectivity index (χ3n) is 1.72. The van der Waals surface area contributed by atoms with Crippen LogP contribution in [0.15, 0.2) is 12.2 Å². The first-order valence-corrected chi connectivity index (χ1v) is 4.21. The molecule has 0 spiro atoms. The standard InChI is InChI=1S/C9H15NO3/c1-4-10(5-2)9(13)7(3)6-8(11)12/h3-6H2,1-2H3,(H,11,12). The second-order valence-electron chi connectivity index (χ2n) is 2.65. The van der Waals surface area contributed by atoms with E-state index in [4.69, 9.17) is 5.11 Å². The van der Waals surface area contributed by atoms with Gasteiger partial charge < -0.3 is 10.0 Å². The van der Waals surface area contributed by atoms with Crippen molar-refractivity contribution in [2.45, 2.75) is 20.3 Å². The van der Waals surface area contributed by atoms with Crippen molar-refractivity contribution in [1.29, 1.82) is 0 Å². The van der Waals surface area contributed by atoms with Gasteiger partial charge in [0.15, 0.2) is 0 Å². The second kappa shape index (κ2) is 5.35. The third-order valence-corrected chi connectivity index (χ3v) is 1.72. The molecule has 0 aliphatic carbocycles. The highest BCUT2D eigenvalue weighted by molar-refractivity contribution is 5.96. The highest BCUT2D eigenvalue weighted by Gasteiger charge is 2.15. The normalized spacial score (nSPS) is 9.38. The van der Waals surface area contributed by atoms with Crippen LogP contribution in [0, 0.1) is 0 Å². The monoisotopic (exact) mass is 185 g/mol. The Morgan fingerprint density at radius 1 is 1.31 bits per heavy atom. The Kier molecular flexibility index (Phi) is 4.80. The molecule has 0 aromatic carbocycles. The average Bonchev–Trinajstić information content (AvgIpc) is 2.05. The molecule has 0 aromatic rings. The molecule has 0 bridgehead atoms. The van der Waals surface area contributed by atoms with Crippen molar-refractivity contribution >= 4 is 11.9 Å². The molecule has 0 saturated heterocycles. The molecule has 0 heterocycles. The quantitative estimate of drug-likeness (QED) is 0.647. The van der Waals surface area contributed by atoms with Crippen LogP contribution in [0.1, 0.15) is 20.3 Å². The Balaban J connectivity index is 4.24. The van der Waals surface area contributed by atoms with Gasteiger partial charge in [-0.2, -0.15) is 0 Å². The fourth-order valence-corrected chi connectivity index (χ4v) is 0.993. The van der Waals surface area contributed by atoms with Crippen LogP contribution in [0.4, 0.5) is 0 Å². The molecule has 0 radical (unpaired) electrons. The van der Waals surface area contributed by atoms with Crippen LogP contribution < -0.4 is 0 Å². The Morgan fingerprint density at radius 3 is 2.08 bits per heavy atom. The zero-order chi connectivity index (χ0) is 10.4. The predicted octanol–water partition coefficient (Wildman–Crippen LogP) is 0.886. The average molecular weight is 185 g/mol. The van der Waals surface area contributed by atoms with Crippen LogP contribution in [-0.4, -0.2) is 35.0 Å². The number of carbonyl (C=O) groups excluding carboxylic acids is 1. The fraction of sp³-hybridized carbons (Fsp3) is 0.556. The number of aliphatic carboxylic acids is 1. The molecule has 0 rings (SSSR count). The van der Waals surface area contributed by atoms with E-state index in [-0.39, 0.29) is 17.9 Å². The second-order valence-corrected chi connectivity index (χ2v) is 2.65.